The van der Waals surface area contributed by atoms with Crippen molar-refractivity contribution in [2.24, 2.45) is 0 Å². The smallest absolute Gasteiger partial charge is 0.247 e. The van der Waals surface area contributed by atoms with Crippen LogP contribution in [0.3, 0.4) is 0 Å². The highest BCUT2D eigenvalue weighted by Gasteiger charge is 2.25. The van der Waals surface area contributed by atoms with Gasteiger partial charge in [-0.2, -0.15) is 0 Å². The summed E-state index contributed by atoms with van der Waals surface area (Å²) in [5.41, 5.74) is 2.87. The lowest BCUT2D eigenvalue weighted by Crippen LogP contribution is -2.44. The molecular weight excluding hydrogens is 368 g/mol. The summed E-state index contributed by atoms with van der Waals surface area (Å²) in [5.74, 6) is -0.205. The maximum absolute atomic E-state index is 12.9. The Bertz CT molecular complexity index is 775. The fraction of sp³-hybridized carbons (Fsp3) is 0.263. The van der Waals surface area contributed by atoms with Gasteiger partial charge in [-0.3, -0.25) is 9.59 Å². The van der Waals surface area contributed by atoms with Crippen LogP contribution in [0.25, 0.3) is 0 Å². The van der Waals surface area contributed by atoms with E-state index < -0.39 is 0 Å². The second-order valence-electron chi connectivity index (χ2n) is 5.86. The van der Waals surface area contributed by atoms with Crippen LogP contribution >= 0.6 is 15.9 Å². The number of amides is 2. The Hall–Kier alpha value is -2.14. The van der Waals surface area contributed by atoms with Crippen LogP contribution < -0.4 is 9.80 Å². The molecule has 0 bridgehead atoms. The SMILES string of the molecule is CC(=O)N(CC(=O)N1CCCc2ccccc21)c1cccc(Br)c1. The number of nitrogens with zero attached hydrogens (tertiary/aromatic N) is 2. The maximum atomic E-state index is 12.9. The van der Waals surface area contributed by atoms with Crippen LogP contribution in [0.1, 0.15) is 18.9 Å². The largest absolute Gasteiger partial charge is 0.311 e. The Morgan fingerprint density at radius 2 is 1.96 bits per heavy atom. The summed E-state index contributed by atoms with van der Waals surface area (Å²) >= 11 is 3.41. The highest BCUT2D eigenvalue weighted by Crippen LogP contribution is 2.27. The third-order valence-corrected chi connectivity index (χ3v) is 4.70. The van der Waals surface area contributed by atoms with Crippen LogP contribution in [0.15, 0.2) is 53.0 Å². The summed E-state index contributed by atoms with van der Waals surface area (Å²) in [6.45, 7) is 2.22. The summed E-state index contributed by atoms with van der Waals surface area (Å²) in [4.78, 5) is 28.2. The first-order valence-corrected chi connectivity index (χ1v) is 8.77. The Kier molecular flexibility index (Phi) is 5.00. The number of carbonyl (C=O) groups excluding carboxylic acids is 2. The van der Waals surface area contributed by atoms with Crippen molar-refractivity contribution in [3.8, 4) is 0 Å². The minimum absolute atomic E-state index is 0.0418. The van der Waals surface area contributed by atoms with Crippen LogP contribution in [0.4, 0.5) is 11.4 Å². The molecule has 1 aliphatic rings. The first-order valence-electron chi connectivity index (χ1n) is 7.98. The molecule has 0 saturated heterocycles. The number of anilines is 2. The predicted octanol–water partition coefficient (Wildman–Crippen LogP) is 3.78. The Labute approximate surface area is 150 Å². The first-order chi connectivity index (χ1) is 11.6. The summed E-state index contributed by atoms with van der Waals surface area (Å²) in [7, 11) is 0. The number of rotatable bonds is 3. The van der Waals surface area contributed by atoms with Crippen molar-refractivity contribution in [2.75, 3.05) is 22.9 Å². The molecule has 0 radical (unpaired) electrons. The van der Waals surface area contributed by atoms with Gasteiger partial charge in [-0.15, -0.1) is 0 Å². The van der Waals surface area contributed by atoms with Crippen molar-refractivity contribution in [3.63, 3.8) is 0 Å². The molecule has 0 aromatic heterocycles. The van der Waals surface area contributed by atoms with E-state index in [4.69, 9.17) is 0 Å². The molecule has 124 valence electrons. The molecule has 0 spiro atoms. The fourth-order valence-electron chi connectivity index (χ4n) is 3.04. The van der Waals surface area contributed by atoms with Crippen molar-refractivity contribution < 1.29 is 9.59 Å². The van der Waals surface area contributed by atoms with E-state index in [1.54, 1.807) is 4.90 Å². The van der Waals surface area contributed by atoms with Gasteiger partial charge in [0.05, 0.1) is 0 Å². The van der Waals surface area contributed by atoms with E-state index in [2.05, 4.69) is 22.0 Å². The van der Waals surface area contributed by atoms with Gasteiger partial charge >= 0.3 is 0 Å². The molecule has 0 saturated carbocycles. The maximum Gasteiger partial charge on any atom is 0.247 e. The van der Waals surface area contributed by atoms with E-state index in [1.807, 2.05) is 42.5 Å². The van der Waals surface area contributed by atoms with Crippen molar-refractivity contribution in [1.82, 2.24) is 0 Å². The number of carbonyl (C=O) groups is 2. The molecule has 1 heterocycles. The molecular formula is C19H19BrN2O2. The van der Waals surface area contributed by atoms with Crippen LogP contribution in [-0.4, -0.2) is 24.9 Å². The number of halogens is 1. The van der Waals surface area contributed by atoms with E-state index in [0.717, 1.165) is 28.7 Å². The van der Waals surface area contributed by atoms with Crippen molar-refractivity contribution in [3.05, 3.63) is 58.6 Å². The summed E-state index contributed by atoms with van der Waals surface area (Å²) in [6.07, 6.45) is 1.93. The number of fused-ring (bicyclic) bond motifs is 1. The minimum Gasteiger partial charge on any atom is -0.311 e. The average Bonchev–Trinajstić information content (AvgIpc) is 2.58. The summed E-state index contributed by atoms with van der Waals surface area (Å²) < 4.78 is 0.877. The Morgan fingerprint density at radius 1 is 1.17 bits per heavy atom. The van der Waals surface area contributed by atoms with Crippen LogP contribution in [0, 0.1) is 0 Å². The monoisotopic (exact) mass is 386 g/mol. The molecule has 3 rings (SSSR count). The molecule has 24 heavy (non-hydrogen) atoms. The standard InChI is InChI=1S/C19H19BrN2O2/c1-14(23)22(17-9-4-8-16(20)12-17)13-19(24)21-11-5-7-15-6-2-3-10-18(15)21/h2-4,6,8-10,12H,5,7,11,13H2,1H3. The van der Waals surface area contributed by atoms with E-state index >= 15 is 0 Å². The third kappa shape index (κ3) is 3.51. The molecule has 4 nitrogen and oxygen atoms in total. The van der Waals surface area contributed by atoms with Gasteiger partial charge in [-0.05, 0) is 42.7 Å². The van der Waals surface area contributed by atoms with E-state index in [9.17, 15) is 9.59 Å². The molecule has 1 aliphatic heterocycles. The molecule has 2 aromatic carbocycles. The number of hydrogen-bond acceptors (Lipinski definition) is 2. The molecule has 0 N–H and O–H groups in total. The third-order valence-electron chi connectivity index (χ3n) is 4.20. The van der Waals surface area contributed by atoms with Crippen molar-refractivity contribution >= 4 is 39.1 Å². The van der Waals surface area contributed by atoms with Crippen LogP contribution in [0.2, 0.25) is 0 Å². The second kappa shape index (κ2) is 7.18. The predicted molar refractivity (Wildman–Crippen MR) is 99.3 cm³/mol. The summed E-state index contributed by atoms with van der Waals surface area (Å²) in [6, 6.07) is 15.4. The fourth-order valence-corrected chi connectivity index (χ4v) is 3.43. The van der Waals surface area contributed by atoms with Gasteiger partial charge < -0.3 is 9.80 Å². The molecule has 5 heteroatoms. The highest BCUT2D eigenvalue weighted by molar-refractivity contribution is 9.10. The molecule has 0 fully saturated rings. The lowest BCUT2D eigenvalue weighted by Gasteiger charge is -2.31. The van der Waals surface area contributed by atoms with Crippen molar-refractivity contribution in [1.29, 1.82) is 0 Å². The van der Waals surface area contributed by atoms with Crippen LogP contribution in [0.5, 0.6) is 0 Å². The number of para-hydroxylation sites is 1. The molecule has 2 aromatic rings. The molecule has 0 aliphatic carbocycles. The van der Waals surface area contributed by atoms with Gasteiger partial charge in [-0.1, -0.05) is 40.2 Å². The zero-order chi connectivity index (χ0) is 17.1. The zero-order valence-corrected chi connectivity index (χ0v) is 15.1. The lowest BCUT2D eigenvalue weighted by molar-refractivity contribution is -0.121. The zero-order valence-electron chi connectivity index (χ0n) is 13.5. The van der Waals surface area contributed by atoms with Gasteiger partial charge in [0, 0.05) is 29.3 Å². The van der Waals surface area contributed by atoms with Gasteiger partial charge in [0.15, 0.2) is 0 Å². The van der Waals surface area contributed by atoms with Gasteiger partial charge in [-0.25, -0.2) is 0 Å². The number of hydrogen-bond donors (Lipinski definition) is 0. The minimum atomic E-state index is -0.147. The number of aryl methyl sites for hydroxylation is 1. The van der Waals surface area contributed by atoms with E-state index in [0.29, 0.717) is 6.54 Å². The van der Waals surface area contributed by atoms with Gasteiger partial charge in [0.2, 0.25) is 11.8 Å². The second-order valence-corrected chi connectivity index (χ2v) is 6.78. The van der Waals surface area contributed by atoms with Gasteiger partial charge in [0.1, 0.15) is 6.54 Å². The van der Waals surface area contributed by atoms with Crippen molar-refractivity contribution in [2.45, 2.75) is 19.8 Å². The Balaban J connectivity index is 1.84. The average molecular weight is 387 g/mol. The van der Waals surface area contributed by atoms with E-state index in [-0.39, 0.29) is 18.4 Å². The van der Waals surface area contributed by atoms with Crippen LogP contribution in [-0.2, 0) is 16.0 Å². The Morgan fingerprint density at radius 3 is 2.71 bits per heavy atom. The van der Waals surface area contributed by atoms with E-state index in [1.165, 1.54) is 17.4 Å². The lowest BCUT2D eigenvalue weighted by atomic mass is 10.0. The molecule has 0 unspecified atom stereocenters. The highest BCUT2D eigenvalue weighted by atomic mass is 79.9. The summed E-state index contributed by atoms with van der Waals surface area (Å²) in [5, 5.41) is 0. The quantitative estimate of drug-likeness (QED) is 0.804. The number of benzene rings is 2. The molecule has 0 atom stereocenters. The topological polar surface area (TPSA) is 40.6 Å². The normalized spacial score (nSPS) is 13.3. The molecule has 2 amide bonds. The van der Waals surface area contributed by atoms with Gasteiger partial charge in [0.25, 0.3) is 0 Å². The first kappa shape index (κ1) is 16.7.